The monoisotopic (exact) mass is 463 g/mol. The predicted octanol–water partition coefficient (Wildman–Crippen LogP) is 4.75. The number of hydrogen-bond donors (Lipinski definition) is 1. The number of benzene rings is 3. The van der Waals surface area contributed by atoms with Crippen molar-refractivity contribution in [3.8, 4) is 0 Å². The third-order valence-corrected chi connectivity index (χ3v) is 7.26. The summed E-state index contributed by atoms with van der Waals surface area (Å²) in [6, 6.07) is 23.1. The van der Waals surface area contributed by atoms with Crippen LogP contribution in [0.5, 0.6) is 0 Å². The lowest BCUT2D eigenvalue weighted by molar-refractivity contribution is 0.0785. The van der Waals surface area contributed by atoms with E-state index in [9.17, 15) is 13.2 Å². The predicted molar refractivity (Wildman–Crippen MR) is 132 cm³/mol. The van der Waals surface area contributed by atoms with Crippen molar-refractivity contribution >= 4 is 27.3 Å². The maximum Gasteiger partial charge on any atom is 0.261 e. The third kappa shape index (κ3) is 5.73. The fourth-order valence-corrected chi connectivity index (χ4v) is 5.10. The second-order valence-corrected chi connectivity index (χ2v) is 10.1. The van der Waals surface area contributed by atoms with Gasteiger partial charge in [0.25, 0.3) is 15.9 Å². The third-order valence-electron chi connectivity index (χ3n) is 5.86. The summed E-state index contributed by atoms with van der Waals surface area (Å²) < 4.78 is 27.5. The van der Waals surface area contributed by atoms with E-state index in [1.54, 1.807) is 54.4 Å². The molecule has 0 saturated carbocycles. The Balaban J connectivity index is 1.36. The molecule has 0 spiro atoms. The van der Waals surface area contributed by atoms with Crippen molar-refractivity contribution in [2.24, 2.45) is 0 Å². The number of carbonyl (C=O) groups is 1. The average molecular weight is 464 g/mol. The van der Waals surface area contributed by atoms with E-state index in [0.717, 1.165) is 18.7 Å². The number of sulfonamides is 1. The van der Waals surface area contributed by atoms with Crippen LogP contribution in [-0.2, 0) is 16.6 Å². The summed E-state index contributed by atoms with van der Waals surface area (Å²) in [7, 11) is -1.89. The number of anilines is 2. The summed E-state index contributed by atoms with van der Waals surface area (Å²) in [5, 5.41) is 0. The van der Waals surface area contributed by atoms with Gasteiger partial charge < -0.3 is 9.80 Å². The normalized spacial score (nSPS) is 14.0. The van der Waals surface area contributed by atoms with Crippen LogP contribution in [0.1, 0.15) is 35.2 Å². The van der Waals surface area contributed by atoms with Crippen LogP contribution >= 0.6 is 0 Å². The molecule has 1 heterocycles. The first-order valence-corrected chi connectivity index (χ1v) is 12.7. The van der Waals surface area contributed by atoms with Crippen molar-refractivity contribution in [2.75, 3.05) is 29.8 Å². The van der Waals surface area contributed by atoms with Crippen molar-refractivity contribution < 1.29 is 13.2 Å². The van der Waals surface area contributed by atoms with Crippen LogP contribution in [0.25, 0.3) is 0 Å². The Morgan fingerprint density at radius 2 is 1.52 bits per heavy atom. The van der Waals surface area contributed by atoms with Crippen molar-refractivity contribution in [3.05, 3.63) is 90.0 Å². The maximum absolute atomic E-state index is 12.9. The van der Waals surface area contributed by atoms with Crippen molar-refractivity contribution in [1.82, 2.24) is 4.90 Å². The van der Waals surface area contributed by atoms with Crippen molar-refractivity contribution in [2.45, 2.75) is 30.7 Å². The highest BCUT2D eigenvalue weighted by atomic mass is 32.2. The summed E-state index contributed by atoms with van der Waals surface area (Å²) in [5.74, 6) is -0.118. The molecule has 0 radical (unpaired) electrons. The number of amides is 1. The molecule has 4 rings (SSSR count). The highest BCUT2D eigenvalue weighted by Gasteiger charge is 2.16. The molecule has 1 N–H and O–H groups in total. The largest absolute Gasteiger partial charge is 0.372 e. The summed E-state index contributed by atoms with van der Waals surface area (Å²) in [4.78, 5) is 17.1. The van der Waals surface area contributed by atoms with Gasteiger partial charge in [-0.2, -0.15) is 0 Å². The first-order chi connectivity index (χ1) is 15.9. The number of nitrogens with one attached hydrogen (secondary N) is 1. The molecule has 7 heteroatoms. The van der Waals surface area contributed by atoms with Crippen LogP contribution in [0.3, 0.4) is 0 Å². The second kappa shape index (κ2) is 10.1. The van der Waals surface area contributed by atoms with E-state index in [-0.39, 0.29) is 10.8 Å². The van der Waals surface area contributed by atoms with Gasteiger partial charge in [0.05, 0.1) is 4.90 Å². The van der Waals surface area contributed by atoms with Gasteiger partial charge in [0.2, 0.25) is 0 Å². The van der Waals surface area contributed by atoms with Gasteiger partial charge in [-0.25, -0.2) is 8.42 Å². The van der Waals surface area contributed by atoms with Gasteiger partial charge in [-0.15, -0.1) is 0 Å². The number of piperidine rings is 1. The number of nitrogens with zero attached hydrogens (tertiary/aromatic N) is 2. The first kappa shape index (κ1) is 22.9. The molecule has 1 aliphatic rings. The van der Waals surface area contributed by atoms with Gasteiger partial charge in [0.1, 0.15) is 0 Å². The lowest BCUT2D eigenvalue weighted by Crippen LogP contribution is -2.29. The fourth-order valence-electron chi connectivity index (χ4n) is 4.02. The van der Waals surface area contributed by atoms with Crippen LogP contribution < -0.4 is 9.62 Å². The van der Waals surface area contributed by atoms with Crippen LogP contribution in [0.2, 0.25) is 0 Å². The van der Waals surface area contributed by atoms with E-state index in [4.69, 9.17) is 0 Å². The number of carbonyl (C=O) groups excluding carboxylic acids is 1. The zero-order chi connectivity index (χ0) is 23.3. The van der Waals surface area contributed by atoms with E-state index in [0.29, 0.717) is 17.8 Å². The molecule has 6 nitrogen and oxygen atoms in total. The van der Waals surface area contributed by atoms with Crippen molar-refractivity contribution in [1.29, 1.82) is 0 Å². The molecule has 3 aromatic carbocycles. The van der Waals surface area contributed by atoms with E-state index in [1.807, 2.05) is 0 Å². The van der Waals surface area contributed by atoms with Crippen LogP contribution in [0.15, 0.2) is 83.8 Å². The Kier molecular flexibility index (Phi) is 6.99. The number of hydrogen-bond acceptors (Lipinski definition) is 4. The molecular formula is C26H29N3O3S. The van der Waals surface area contributed by atoms with Crippen LogP contribution in [0.4, 0.5) is 11.4 Å². The van der Waals surface area contributed by atoms with E-state index >= 15 is 0 Å². The zero-order valence-electron chi connectivity index (χ0n) is 18.8. The molecule has 1 saturated heterocycles. The molecule has 0 unspecified atom stereocenters. The smallest absolute Gasteiger partial charge is 0.261 e. The molecule has 0 atom stereocenters. The Hall–Kier alpha value is -3.32. The SMILES string of the molecule is CN(Cc1ccc(N2CCCCC2)cc1)C(=O)c1ccc(NS(=O)(=O)c2ccccc2)cc1. The molecule has 1 fully saturated rings. The maximum atomic E-state index is 12.9. The summed E-state index contributed by atoms with van der Waals surface area (Å²) in [6.45, 7) is 2.71. The van der Waals surface area contributed by atoms with E-state index < -0.39 is 10.0 Å². The van der Waals surface area contributed by atoms with Crippen LogP contribution in [-0.4, -0.2) is 39.4 Å². The van der Waals surface area contributed by atoms with Gasteiger partial charge >= 0.3 is 0 Å². The zero-order valence-corrected chi connectivity index (χ0v) is 19.6. The Morgan fingerprint density at radius 3 is 2.15 bits per heavy atom. The quantitative estimate of drug-likeness (QED) is 0.549. The standard InChI is InChI=1S/C26H29N3O3S/c1-28(20-21-10-16-24(17-11-21)29-18-6-3-7-19-29)26(30)22-12-14-23(15-13-22)27-33(31,32)25-8-4-2-5-9-25/h2,4-5,8-17,27H,3,6-7,18-20H2,1H3. The number of rotatable bonds is 7. The first-order valence-electron chi connectivity index (χ1n) is 11.2. The van der Waals surface area contributed by atoms with Gasteiger partial charge in [0, 0.05) is 43.6 Å². The summed E-state index contributed by atoms with van der Waals surface area (Å²) in [5.41, 5.74) is 3.22. The molecule has 0 aromatic heterocycles. The molecule has 0 bridgehead atoms. The summed E-state index contributed by atoms with van der Waals surface area (Å²) in [6.07, 6.45) is 3.79. The minimum Gasteiger partial charge on any atom is -0.372 e. The van der Waals surface area contributed by atoms with E-state index in [1.165, 1.54) is 37.1 Å². The minimum atomic E-state index is -3.66. The molecule has 1 aliphatic heterocycles. The topological polar surface area (TPSA) is 69.7 Å². The fraction of sp³-hybridized carbons (Fsp3) is 0.269. The van der Waals surface area contributed by atoms with Crippen molar-refractivity contribution in [3.63, 3.8) is 0 Å². The molecule has 172 valence electrons. The molecule has 1 amide bonds. The Bertz CT molecular complexity index is 1170. The molecule has 33 heavy (non-hydrogen) atoms. The Morgan fingerprint density at radius 1 is 0.879 bits per heavy atom. The van der Waals surface area contributed by atoms with Crippen LogP contribution in [0, 0.1) is 0 Å². The van der Waals surface area contributed by atoms with Gasteiger partial charge in [-0.1, -0.05) is 30.3 Å². The average Bonchev–Trinajstić information content (AvgIpc) is 2.85. The lowest BCUT2D eigenvalue weighted by atomic mass is 10.1. The minimum absolute atomic E-state index is 0.118. The molecule has 0 aliphatic carbocycles. The van der Waals surface area contributed by atoms with Gasteiger partial charge in [-0.3, -0.25) is 9.52 Å². The molecular weight excluding hydrogens is 434 g/mol. The highest BCUT2D eigenvalue weighted by molar-refractivity contribution is 7.92. The summed E-state index contributed by atoms with van der Waals surface area (Å²) >= 11 is 0. The van der Waals surface area contributed by atoms with Gasteiger partial charge in [0.15, 0.2) is 0 Å². The lowest BCUT2D eigenvalue weighted by Gasteiger charge is -2.29. The Labute approximate surface area is 195 Å². The highest BCUT2D eigenvalue weighted by Crippen LogP contribution is 2.21. The van der Waals surface area contributed by atoms with E-state index in [2.05, 4.69) is 33.9 Å². The second-order valence-electron chi connectivity index (χ2n) is 8.37. The van der Waals surface area contributed by atoms with Gasteiger partial charge in [-0.05, 0) is 73.4 Å². The molecule has 3 aromatic rings.